The first-order valence-electron chi connectivity index (χ1n) is 5.68. The molecule has 1 atom stereocenters. The predicted octanol–water partition coefficient (Wildman–Crippen LogP) is 0.411. The molecule has 0 bridgehead atoms. The van der Waals surface area contributed by atoms with Crippen LogP contribution in [-0.4, -0.2) is 22.9 Å². The van der Waals surface area contributed by atoms with Gasteiger partial charge in [-0.2, -0.15) is 0 Å². The Balaban J connectivity index is 2.42. The quantitative estimate of drug-likeness (QED) is 0.840. The molecule has 0 saturated heterocycles. The molecule has 0 spiro atoms. The van der Waals surface area contributed by atoms with E-state index in [1.54, 1.807) is 0 Å². The molecule has 0 aromatic heterocycles. The molecular weight excluding hydrogens is 288 g/mol. The monoisotopic (exact) mass is 304 g/mol. The van der Waals surface area contributed by atoms with Crippen LogP contribution in [0.4, 0.5) is 0 Å². The van der Waals surface area contributed by atoms with Crippen molar-refractivity contribution in [2.24, 2.45) is 10.6 Å². The summed E-state index contributed by atoms with van der Waals surface area (Å²) in [7, 11) is -7.97. The average Bonchev–Trinajstić information content (AvgIpc) is 2.83. The number of nitrogens with two attached hydrogens (primary N) is 1. The van der Waals surface area contributed by atoms with Crippen LogP contribution in [0.15, 0.2) is 34.1 Å². The molecule has 1 unspecified atom stereocenters. The summed E-state index contributed by atoms with van der Waals surface area (Å²) in [5, 5.41) is 5.03. The normalized spacial score (nSPS) is 22.2. The van der Waals surface area contributed by atoms with Crippen molar-refractivity contribution < 1.29 is 16.8 Å². The second kappa shape index (κ2) is 4.27. The second-order valence-electron chi connectivity index (χ2n) is 5.36. The van der Waals surface area contributed by atoms with Crippen LogP contribution in [0.1, 0.15) is 20.3 Å². The van der Waals surface area contributed by atoms with Crippen molar-refractivity contribution in [3.05, 3.63) is 24.3 Å². The number of hydrogen-bond acceptors (Lipinski definition) is 4. The van der Waals surface area contributed by atoms with Gasteiger partial charge in [0.25, 0.3) is 0 Å². The largest absolute Gasteiger partial charge is 0.242 e. The van der Waals surface area contributed by atoms with Crippen LogP contribution in [0.25, 0.3) is 0 Å². The SMILES string of the molecule is CC1(C)CC1NS(=O)(=O)c1ccccc1S(N)(=O)=O. The van der Waals surface area contributed by atoms with E-state index in [1.165, 1.54) is 24.3 Å². The van der Waals surface area contributed by atoms with Gasteiger partial charge >= 0.3 is 0 Å². The molecule has 6 nitrogen and oxygen atoms in total. The minimum atomic E-state index is -4.08. The summed E-state index contributed by atoms with van der Waals surface area (Å²) in [6.45, 7) is 3.87. The predicted molar refractivity (Wildman–Crippen MR) is 70.3 cm³/mol. The van der Waals surface area contributed by atoms with Gasteiger partial charge in [-0.05, 0) is 24.0 Å². The Morgan fingerprint density at radius 2 is 1.63 bits per heavy atom. The molecule has 0 aliphatic heterocycles. The van der Waals surface area contributed by atoms with E-state index >= 15 is 0 Å². The summed E-state index contributed by atoms with van der Waals surface area (Å²) in [4.78, 5) is -0.693. The van der Waals surface area contributed by atoms with E-state index in [-0.39, 0.29) is 21.2 Å². The minimum Gasteiger partial charge on any atom is -0.225 e. The summed E-state index contributed by atoms with van der Waals surface area (Å²) >= 11 is 0. The van der Waals surface area contributed by atoms with Gasteiger partial charge in [0.2, 0.25) is 20.0 Å². The Morgan fingerprint density at radius 3 is 2.05 bits per heavy atom. The van der Waals surface area contributed by atoms with E-state index in [1.807, 2.05) is 13.8 Å². The molecule has 1 aromatic carbocycles. The van der Waals surface area contributed by atoms with Crippen LogP contribution in [0.3, 0.4) is 0 Å². The van der Waals surface area contributed by atoms with Gasteiger partial charge in [0.1, 0.15) is 9.79 Å². The highest BCUT2D eigenvalue weighted by atomic mass is 32.2. The van der Waals surface area contributed by atoms with Crippen LogP contribution in [-0.2, 0) is 20.0 Å². The van der Waals surface area contributed by atoms with Crippen LogP contribution in [0.2, 0.25) is 0 Å². The van der Waals surface area contributed by atoms with Gasteiger partial charge in [0.05, 0.1) is 0 Å². The highest BCUT2D eigenvalue weighted by Crippen LogP contribution is 2.45. The molecule has 1 saturated carbocycles. The van der Waals surface area contributed by atoms with Crippen molar-refractivity contribution in [3.63, 3.8) is 0 Å². The molecule has 0 radical (unpaired) electrons. The van der Waals surface area contributed by atoms with E-state index in [0.717, 1.165) is 6.42 Å². The van der Waals surface area contributed by atoms with Crippen molar-refractivity contribution >= 4 is 20.0 Å². The number of nitrogens with one attached hydrogen (secondary N) is 1. The average molecular weight is 304 g/mol. The van der Waals surface area contributed by atoms with Gasteiger partial charge in [-0.1, -0.05) is 26.0 Å². The summed E-state index contributed by atoms with van der Waals surface area (Å²) in [6.07, 6.45) is 0.726. The maximum Gasteiger partial charge on any atom is 0.242 e. The van der Waals surface area contributed by atoms with E-state index in [9.17, 15) is 16.8 Å². The Labute approximate surface area is 113 Å². The smallest absolute Gasteiger partial charge is 0.225 e. The minimum absolute atomic E-state index is 0.0936. The topological polar surface area (TPSA) is 106 Å². The molecular formula is C11H16N2O4S2. The zero-order valence-corrected chi connectivity index (χ0v) is 12.3. The lowest BCUT2D eigenvalue weighted by Crippen LogP contribution is -2.30. The molecule has 19 heavy (non-hydrogen) atoms. The van der Waals surface area contributed by atoms with E-state index in [0.29, 0.717) is 0 Å². The van der Waals surface area contributed by atoms with Gasteiger partial charge < -0.3 is 0 Å². The third kappa shape index (κ3) is 2.97. The van der Waals surface area contributed by atoms with Gasteiger partial charge in [-0.3, -0.25) is 0 Å². The zero-order valence-electron chi connectivity index (χ0n) is 10.6. The fraction of sp³-hybridized carbons (Fsp3) is 0.455. The van der Waals surface area contributed by atoms with Crippen LogP contribution < -0.4 is 9.86 Å². The molecule has 106 valence electrons. The first kappa shape index (κ1) is 14.4. The van der Waals surface area contributed by atoms with E-state index in [2.05, 4.69) is 4.72 Å². The Hall–Kier alpha value is -0.960. The maximum absolute atomic E-state index is 12.2. The number of primary sulfonamides is 1. The second-order valence-corrected chi connectivity index (χ2v) is 8.57. The fourth-order valence-electron chi connectivity index (χ4n) is 1.83. The van der Waals surface area contributed by atoms with E-state index < -0.39 is 20.0 Å². The maximum atomic E-state index is 12.2. The van der Waals surface area contributed by atoms with Gasteiger partial charge in [-0.15, -0.1) is 0 Å². The highest BCUT2D eigenvalue weighted by Gasteiger charge is 2.48. The molecule has 1 fully saturated rings. The Morgan fingerprint density at radius 1 is 1.16 bits per heavy atom. The van der Waals surface area contributed by atoms with Gasteiger partial charge in [-0.25, -0.2) is 26.7 Å². The molecule has 1 aliphatic rings. The number of benzene rings is 1. The molecule has 3 N–H and O–H groups in total. The number of hydrogen-bond donors (Lipinski definition) is 2. The summed E-state index contributed by atoms with van der Waals surface area (Å²) in [6, 6.07) is 5.13. The molecule has 2 rings (SSSR count). The summed E-state index contributed by atoms with van der Waals surface area (Å²) < 4.78 is 49.7. The van der Waals surface area contributed by atoms with Crippen molar-refractivity contribution in [3.8, 4) is 0 Å². The van der Waals surface area contributed by atoms with Crippen molar-refractivity contribution in [2.75, 3.05) is 0 Å². The molecule has 0 amide bonds. The van der Waals surface area contributed by atoms with Crippen LogP contribution in [0, 0.1) is 5.41 Å². The summed E-state index contributed by atoms with van der Waals surface area (Å²) in [5.74, 6) is 0. The molecule has 1 aromatic rings. The third-order valence-electron chi connectivity index (χ3n) is 3.26. The van der Waals surface area contributed by atoms with Gasteiger partial charge in [0, 0.05) is 6.04 Å². The lowest BCUT2D eigenvalue weighted by molar-refractivity contribution is 0.551. The molecule has 8 heteroatoms. The Bertz CT molecular complexity index is 708. The van der Waals surface area contributed by atoms with Crippen molar-refractivity contribution in [2.45, 2.75) is 36.1 Å². The standard InChI is InChI=1S/C11H16N2O4S2/c1-11(2)7-10(11)13-19(16,17)9-6-4-3-5-8(9)18(12,14)15/h3-6,10,13H,7H2,1-2H3,(H2,12,14,15). The number of sulfonamides is 2. The highest BCUT2D eigenvalue weighted by molar-refractivity contribution is 7.92. The van der Waals surface area contributed by atoms with E-state index in [4.69, 9.17) is 5.14 Å². The van der Waals surface area contributed by atoms with Crippen LogP contribution in [0.5, 0.6) is 0 Å². The fourth-order valence-corrected chi connectivity index (χ4v) is 4.62. The zero-order chi connectivity index (χ0) is 14.5. The first-order valence-corrected chi connectivity index (χ1v) is 8.71. The first-order chi connectivity index (χ1) is 8.54. The van der Waals surface area contributed by atoms with Crippen molar-refractivity contribution in [1.29, 1.82) is 0 Å². The molecule has 1 aliphatic carbocycles. The molecule has 0 heterocycles. The summed E-state index contributed by atoms with van der Waals surface area (Å²) in [5.41, 5.74) is -0.0936. The Kier molecular flexibility index (Phi) is 3.25. The van der Waals surface area contributed by atoms with Crippen LogP contribution >= 0.6 is 0 Å². The lowest BCUT2D eigenvalue weighted by atomic mass is 10.2. The lowest BCUT2D eigenvalue weighted by Gasteiger charge is -2.11. The van der Waals surface area contributed by atoms with Gasteiger partial charge in [0.15, 0.2) is 0 Å². The van der Waals surface area contributed by atoms with Crippen molar-refractivity contribution in [1.82, 2.24) is 4.72 Å². The number of rotatable bonds is 4. The third-order valence-corrected chi connectivity index (χ3v) is 5.88.